The second kappa shape index (κ2) is 6.91. The molecule has 24 heavy (non-hydrogen) atoms. The largest absolute Gasteiger partial charge is 0.441 e. The fraction of sp³-hybridized carbons (Fsp3) is 0.350. The van der Waals surface area contributed by atoms with Gasteiger partial charge >= 0.3 is 0 Å². The Kier molecular flexibility index (Phi) is 4.50. The Hall–Kier alpha value is -1.91. The minimum Gasteiger partial charge on any atom is -0.441 e. The van der Waals surface area contributed by atoms with E-state index in [1.807, 2.05) is 6.92 Å². The van der Waals surface area contributed by atoms with Crippen molar-refractivity contribution in [2.24, 2.45) is 0 Å². The molecule has 1 aromatic carbocycles. The highest BCUT2D eigenvalue weighted by Crippen LogP contribution is 2.29. The lowest BCUT2D eigenvalue weighted by molar-refractivity contribution is 0.197. The number of aromatic nitrogens is 1. The smallest absolute Gasteiger partial charge is 0.227 e. The zero-order valence-electron chi connectivity index (χ0n) is 13.9. The van der Waals surface area contributed by atoms with Gasteiger partial charge < -0.3 is 4.42 Å². The Balaban J connectivity index is 1.47. The number of oxazole rings is 1. The molecule has 1 aliphatic rings. The molecule has 3 heterocycles. The molecule has 0 saturated carbocycles. The first-order chi connectivity index (χ1) is 11.8. The van der Waals surface area contributed by atoms with Crippen LogP contribution in [-0.2, 0) is 6.54 Å². The van der Waals surface area contributed by atoms with Crippen molar-refractivity contribution in [3.63, 3.8) is 0 Å². The summed E-state index contributed by atoms with van der Waals surface area (Å²) in [6, 6.07) is 12.9. The first-order valence-corrected chi connectivity index (χ1v) is 9.50. The van der Waals surface area contributed by atoms with Crippen LogP contribution in [0.4, 0.5) is 0 Å². The predicted molar refractivity (Wildman–Crippen MR) is 98.2 cm³/mol. The minimum atomic E-state index is 0.628. The van der Waals surface area contributed by atoms with Gasteiger partial charge in [-0.25, -0.2) is 4.98 Å². The Labute approximate surface area is 147 Å². The summed E-state index contributed by atoms with van der Waals surface area (Å²) >= 11 is 1.67. The Morgan fingerprint density at radius 2 is 2.12 bits per heavy atom. The van der Waals surface area contributed by atoms with Crippen molar-refractivity contribution in [2.45, 2.75) is 32.2 Å². The molecule has 0 bridgehead atoms. The number of thiophene rings is 1. The first-order valence-electron chi connectivity index (χ1n) is 8.56. The van der Waals surface area contributed by atoms with Crippen LogP contribution in [0.1, 0.15) is 35.8 Å². The third-order valence-electron chi connectivity index (χ3n) is 4.81. The Bertz CT molecular complexity index is 779. The molecule has 1 aliphatic heterocycles. The van der Waals surface area contributed by atoms with Crippen LogP contribution in [0.3, 0.4) is 0 Å². The molecule has 0 radical (unpaired) electrons. The number of rotatable bonds is 4. The summed E-state index contributed by atoms with van der Waals surface area (Å²) < 4.78 is 5.88. The lowest BCUT2D eigenvalue weighted by Crippen LogP contribution is -2.34. The molecule has 124 valence electrons. The summed E-state index contributed by atoms with van der Waals surface area (Å²) in [6.07, 6.45) is 2.52. The van der Waals surface area contributed by atoms with Gasteiger partial charge in [-0.1, -0.05) is 30.3 Å². The molecule has 1 fully saturated rings. The van der Waals surface area contributed by atoms with Crippen LogP contribution < -0.4 is 0 Å². The van der Waals surface area contributed by atoms with E-state index >= 15 is 0 Å². The van der Waals surface area contributed by atoms with Crippen LogP contribution in [0.25, 0.3) is 11.5 Å². The number of aryl methyl sites for hydroxylation is 1. The average Bonchev–Trinajstić information content (AvgIpc) is 3.27. The molecule has 0 unspecified atom stereocenters. The molecule has 1 saturated heterocycles. The second-order valence-electron chi connectivity index (χ2n) is 6.52. The normalized spacial score (nSPS) is 18.8. The van der Waals surface area contributed by atoms with E-state index in [1.165, 1.54) is 18.4 Å². The van der Waals surface area contributed by atoms with Crippen LogP contribution in [0.2, 0.25) is 0 Å². The van der Waals surface area contributed by atoms with E-state index in [1.54, 1.807) is 11.3 Å². The van der Waals surface area contributed by atoms with Crippen molar-refractivity contribution in [2.75, 3.05) is 13.1 Å². The molecular formula is C20H22N2OS. The number of hydrogen-bond acceptors (Lipinski definition) is 4. The van der Waals surface area contributed by atoms with Crippen molar-refractivity contribution >= 4 is 11.3 Å². The van der Waals surface area contributed by atoms with Gasteiger partial charge in [0.05, 0.1) is 5.69 Å². The van der Waals surface area contributed by atoms with Gasteiger partial charge in [0, 0.05) is 24.0 Å². The van der Waals surface area contributed by atoms with E-state index in [2.05, 4.69) is 52.1 Å². The van der Waals surface area contributed by atoms with Gasteiger partial charge in [-0.2, -0.15) is 11.3 Å². The van der Waals surface area contributed by atoms with E-state index < -0.39 is 0 Å². The number of hydrogen-bond donors (Lipinski definition) is 0. The number of piperidine rings is 1. The van der Waals surface area contributed by atoms with E-state index in [0.717, 1.165) is 42.5 Å². The van der Waals surface area contributed by atoms with Crippen molar-refractivity contribution < 1.29 is 4.42 Å². The Morgan fingerprint density at radius 1 is 1.25 bits per heavy atom. The second-order valence-corrected chi connectivity index (χ2v) is 7.30. The van der Waals surface area contributed by atoms with Crippen LogP contribution in [0, 0.1) is 6.92 Å². The maximum Gasteiger partial charge on any atom is 0.227 e. The van der Waals surface area contributed by atoms with Crippen molar-refractivity contribution in [1.29, 1.82) is 0 Å². The zero-order chi connectivity index (χ0) is 16.4. The van der Waals surface area contributed by atoms with Crippen LogP contribution in [0.5, 0.6) is 0 Å². The number of likely N-dealkylation sites (tertiary alicyclic amines) is 1. The van der Waals surface area contributed by atoms with Crippen molar-refractivity contribution in [3.05, 3.63) is 64.2 Å². The van der Waals surface area contributed by atoms with Gasteiger partial charge in [0.2, 0.25) is 5.89 Å². The van der Waals surface area contributed by atoms with E-state index in [9.17, 15) is 0 Å². The highest BCUT2D eigenvalue weighted by Gasteiger charge is 2.23. The molecule has 0 amide bonds. The van der Waals surface area contributed by atoms with Crippen molar-refractivity contribution in [3.8, 4) is 11.5 Å². The van der Waals surface area contributed by atoms with E-state index in [-0.39, 0.29) is 0 Å². The summed E-state index contributed by atoms with van der Waals surface area (Å²) in [5.74, 6) is 2.32. The maximum absolute atomic E-state index is 5.88. The van der Waals surface area contributed by atoms with Gasteiger partial charge in [0.25, 0.3) is 0 Å². The lowest BCUT2D eigenvalue weighted by Gasteiger charge is -2.32. The summed E-state index contributed by atoms with van der Waals surface area (Å²) in [6.45, 7) is 5.15. The molecule has 4 rings (SSSR count). The summed E-state index contributed by atoms with van der Waals surface area (Å²) in [7, 11) is 0. The fourth-order valence-corrected chi connectivity index (χ4v) is 4.12. The first kappa shape index (κ1) is 15.6. The molecule has 0 spiro atoms. The SMILES string of the molecule is Cc1oc(-c2ccsc2)nc1CN1CCC[C@H](c2ccccc2)C1. The van der Waals surface area contributed by atoms with Crippen LogP contribution in [0.15, 0.2) is 51.6 Å². The highest BCUT2D eigenvalue weighted by atomic mass is 32.1. The number of benzene rings is 1. The number of nitrogens with zero attached hydrogens (tertiary/aromatic N) is 2. The molecular weight excluding hydrogens is 316 g/mol. The van der Waals surface area contributed by atoms with Gasteiger partial charge in [-0.05, 0) is 49.2 Å². The van der Waals surface area contributed by atoms with Crippen molar-refractivity contribution in [1.82, 2.24) is 9.88 Å². The molecule has 0 aliphatic carbocycles. The summed E-state index contributed by atoms with van der Waals surface area (Å²) in [5, 5.41) is 4.14. The molecule has 3 aromatic rings. The monoisotopic (exact) mass is 338 g/mol. The fourth-order valence-electron chi connectivity index (χ4n) is 3.49. The minimum absolute atomic E-state index is 0.628. The zero-order valence-corrected chi connectivity index (χ0v) is 14.8. The van der Waals surface area contributed by atoms with Gasteiger partial charge in [-0.3, -0.25) is 4.90 Å². The molecule has 3 nitrogen and oxygen atoms in total. The lowest BCUT2D eigenvalue weighted by atomic mass is 9.90. The van der Waals surface area contributed by atoms with Gasteiger partial charge in [0.15, 0.2) is 0 Å². The maximum atomic E-state index is 5.88. The average molecular weight is 338 g/mol. The van der Waals surface area contributed by atoms with Crippen LogP contribution in [-0.4, -0.2) is 23.0 Å². The third kappa shape index (κ3) is 3.30. The quantitative estimate of drug-likeness (QED) is 0.663. The van der Waals surface area contributed by atoms with Gasteiger partial charge in [0.1, 0.15) is 5.76 Å². The summed E-state index contributed by atoms with van der Waals surface area (Å²) in [4.78, 5) is 7.26. The van der Waals surface area contributed by atoms with Gasteiger partial charge in [-0.15, -0.1) is 0 Å². The molecule has 2 aromatic heterocycles. The predicted octanol–water partition coefficient (Wildman–Crippen LogP) is 5.09. The molecule has 0 N–H and O–H groups in total. The molecule has 4 heteroatoms. The summed E-state index contributed by atoms with van der Waals surface area (Å²) in [5.41, 5.74) is 3.61. The van der Waals surface area contributed by atoms with E-state index in [0.29, 0.717) is 5.92 Å². The highest BCUT2D eigenvalue weighted by molar-refractivity contribution is 7.08. The third-order valence-corrected chi connectivity index (χ3v) is 5.49. The Morgan fingerprint density at radius 3 is 2.92 bits per heavy atom. The van der Waals surface area contributed by atoms with E-state index in [4.69, 9.17) is 9.40 Å². The molecule has 1 atom stereocenters. The standard InChI is InChI=1S/C20H22N2OS/c1-15-19(21-20(23-15)18-9-11-24-14-18)13-22-10-5-8-17(12-22)16-6-3-2-4-7-16/h2-4,6-7,9,11,14,17H,5,8,10,12-13H2,1H3/t17-/m0/s1. The topological polar surface area (TPSA) is 29.3 Å². The van der Waals surface area contributed by atoms with Crippen LogP contribution >= 0.6 is 11.3 Å².